The lowest BCUT2D eigenvalue weighted by atomic mass is 10.1. The molecule has 0 aliphatic rings. The molecule has 0 radical (unpaired) electrons. The van der Waals surface area contributed by atoms with Gasteiger partial charge in [-0.2, -0.15) is 8.42 Å². The summed E-state index contributed by atoms with van der Waals surface area (Å²) in [6, 6.07) is 9.55. The van der Waals surface area contributed by atoms with Crippen LogP contribution in [0.3, 0.4) is 0 Å². The van der Waals surface area contributed by atoms with E-state index < -0.39 is 33.5 Å². The molecule has 0 heterocycles. The lowest BCUT2D eigenvalue weighted by Crippen LogP contribution is -2.39. The Morgan fingerprint density at radius 1 is 0.781 bits per heavy atom. The van der Waals surface area contributed by atoms with Crippen molar-refractivity contribution in [3.05, 3.63) is 53.6 Å². The molecule has 12 heteroatoms. The molecule has 174 valence electrons. The monoisotopic (exact) mass is 468 g/mol. The predicted octanol–water partition coefficient (Wildman–Crippen LogP) is 0.818. The molecule has 0 saturated carbocycles. The standard InChI is InChI=1S/C20H24N2O9S/c23-17-4-2-1-3-14(17)10-21(12-19(25)26)7-8-22(13-20(27)28)11-15-9-16(32(29,30)31)5-6-18(15)24/h1-6,9,23-24H,7-8,10-13H2,(H,25,26)(H,27,28)(H,29,30,31). The Morgan fingerprint density at radius 2 is 1.28 bits per heavy atom. The number of hydrogen-bond donors (Lipinski definition) is 5. The van der Waals surface area contributed by atoms with Crippen molar-refractivity contribution in [2.45, 2.75) is 18.0 Å². The molecule has 0 aliphatic carbocycles. The SMILES string of the molecule is O=C(O)CN(CCN(CC(=O)O)Cc1cc(S(=O)(=O)O)ccc1O)Cc1ccccc1O. The van der Waals surface area contributed by atoms with Crippen LogP contribution in [0.4, 0.5) is 0 Å². The normalized spacial score (nSPS) is 11.7. The number of rotatable bonds is 12. The van der Waals surface area contributed by atoms with E-state index in [1.54, 1.807) is 18.2 Å². The van der Waals surface area contributed by atoms with Crippen LogP contribution in [-0.2, 0) is 32.8 Å². The summed E-state index contributed by atoms with van der Waals surface area (Å²) in [5, 5.41) is 38.4. The molecule has 0 atom stereocenters. The minimum absolute atomic E-state index is 0.00256. The van der Waals surface area contributed by atoms with Gasteiger partial charge >= 0.3 is 11.9 Å². The van der Waals surface area contributed by atoms with Gasteiger partial charge in [0, 0.05) is 37.3 Å². The summed E-state index contributed by atoms with van der Waals surface area (Å²) in [4.78, 5) is 25.0. The van der Waals surface area contributed by atoms with Crippen LogP contribution >= 0.6 is 0 Å². The van der Waals surface area contributed by atoms with Crippen LogP contribution in [0, 0.1) is 0 Å². The van der Waals surface area contributed by atoms with Crippen LogP contribution in [0.15, 0.2) is 47.4 Å². The molecule has 0 aliphatic heterocycles. The average molecular weight is 468 g/mol. The summed E-state index contributed by atoms with van der Waals surface area (Å²) in [6.07, 6.45) is 0. The molecule has 0 amide bonds. The number of phenols is 2. The van der Waals surface area contributed by atoms with E-state index in [4.69, 9.17) is 0 Å². The molecule has 0 unspecified atom stereocenters. The zero-order chi connectivity index (χ0) is 23.9. The summed E-state index contributed by atoms with van der Waals surface area (Å²) >= 11 is 0. The van der Waals surface area contributed by atoms with E-state index in [1.807, 2.05) is 0 Å². The first-order chi connectivity index (χ1) is 15.0. The summed E-state index contributed by atoms with van der Waals surface area (Å²) in [5.74, 6) is -2.58. The second-order valence-corrected chi connectivity index (χ2v) is 8.52. The van der Waals surface area contributed by atoms with Crippen molar-refractivity contribution in [3.8, 4) is 11.5 Å². The number of para-hydroxylation sites is 1. The third kappa shape index (κ3) is 7.81. The Morgan fingerprint density at radius 3 is 1.78 bits per heavy atom. The molecule has 32 heavy (non-hydrogen) atoms. The predicted molar refractivity (Wildman–Crippen MR) is 112 cm³/mol. The molecule has 0 fully saturated rings. The van der Waals surface area contributed by atoms with Crippen LogP contribution in [0.5, 0.6) is 11.5 Å². The molecule has 0 bridgehead atoms. The number of aliphatic carboxylic acids is 2. The van der Waals surface area contributed by atoms with E-state index >= 15 is 0 Å². The highest BCUT2D eigenvalue weighted by atomic mass is 32.2. The zero-order valence-corrected chi connectivity index (χ0v) is 17.8. The number of benzene rings is 2. The highest BCUT2D eigenvalue weighted by Crippen LogP contribution is 2.23. The number of phenolic OH excluding ortho intramolecular Hbond substituents is 2. The van der Waals surface area contributed by atoms with E-state index in [9.17, 15) is 43.0 Å². The van der Waals surface area contributed by atoms with Crippen molar-refractivity contribution in [3.63, 3.8) is 0 Å². The Hall–Kier alpha value is -3.19. The van der Waals surface area contributed by atoms with Gasteiger partial charge in [-0.1, -0.05) is 18.2 Å². The van der Waals surface area contributed by atoms with E-state index in [2.05, 4.69) is 0 Å². The summed E-state index contributed by atoms with van der Waals surface area (Å²) in [5.41, 5.74) is 0.573. The van der Waals surface area contributed by atoms with Crippen LogP contribution in [0.1, 0.15) is 11.1 Å². The summed E-state index contributed by atoms with van der Waals surface area (Å²) in [6.45, 7) is -0.733. The number of carbonyl (C=O) groups is 2. The molecule has 0 saturated heterocycles. The lowest BCUT2D eigenvalue weighted by Gasteiger charge is -2.26. The molecule has 11 nitrogen and oxygen atoms in total. The van der Waals surface area contributed by atoms with Gasteiger partial charge in [0.05, 0.1) is 18.0 Å². The molecule has 5 N–H and O–H groups in total. The van der Waals surface area contributed by atoms with Gasteiger partial charge in [-0.15, -0.1) is 0 Å². The molecule has 2 rings (SSSR count). The van der Waals surface area contributed by atoms with Crippen molar-refractivity contribution < 1.29 is 43.0 Å². The van der Waals surface area contributed by atoms with Gasteiger partial charge in [-0.3, -0.25) is 23.9 Å². The van der Waals surface area contributed by atoms with Crippen molar-refractivity contribution >= 4 is 22.1 Å². The third-order valence-electron chi connectivity index (χ3n) is 4.58. The minimum Gasteiger partial charge on any atom is -0.508 e. The van der Waals surface area contributed by atoms with E-state index in [1.165, 1.54) is 15.9 Å². The molecule has 0 spiro atoms. The number of aromatic hydroxyl groups is 2. The molecule has 2 aromatic carbocycles. The molecule has 0 aromatic heterocycles. The fourth-order valence-electron chi connectivity index (χ4n) is 3.07. The third-order valence-corrected chi connectivity index (χ3v) is 5.43. The highest BCUT2D eigenvalue weighted by molar-refractivity contribution is 7.85. The Bertz CT molecular complexity index is 1070. The maximum atomic E-state index is 11.4. The van der Waals surface area contributed by atoms with Crippen molar-refractivity contribution in [1.29, 1.82) is 0 Å². The first-order valence-electron chi connectivity index (χ1n) is 9.40. The molecule has 2 aromatic rings. The molecular formula is C20H24N2O9S. The fourth-order valence-corrected chi connectivity index (χ4v) is 3.60. The Balaban J connectivity index is 2.19. The van der Waals surface area contributed by atoms with Crippen LogP contribution in [0.25, 0.3) is 0 Å². The number of hydrogen-bond acceptors (Lipinski definition) is 8. The largest absolute Gasteiger partial charge is 0.508 e. The smallest absolute Gasteiger partial charge is 0.317 e. The quantitative estimate of drug-likeness (QED) is 0.279. The Labute approximate surface area is 184 Å². The van der Waals surface area contributed by atoms with Gasteiger partial charge in [0.1, 0.15) is 11.5 Å². The van der Waals surface area contributed by atoms with Gasteiger partial charge in [0.2, 0.25) is 0 Å². The van der Waals surface area contributed by atoms with E-state index in [-0.39, 0.29) is 49.8 Å². The number of nitrogens with zero attached hydrogens (tertiary/aromatic N) is 2. The lowest BCUT2D eigenvalue weighted by molar-refractivity contribution is -0.140. The van der Waals surface area contributed by atoms with Crippen molar-refractivity contribution in [1.82, 2.24) is 9.80 Å². The maximum Gasteiger partial charge on any atom is 0.317 e. The van der Waals surface area contributed by atoms with Crippen LogP contribution in [-0.4, -0.2) is 81.3 Å². The van der Waals surface area contributed by atoms with Gasteiger partial charge in [0.25, 0.3) is 10.1 Å². The first kappa shape index (κ1) is 25.1. The second kappa shape index (κ2) is 10.9. The molecular weight excluding hydrogens is 444 g/mol. The first-order valence-corrected chi connectivity index (χ1v) is 10.8. The van der Waals surface area contributed by atoms with E-state index in [0.29, 0.717) is 5.56 Å². The maximum absolute atomic E-state index is 11.4. The Kier molecular flexibility index (Phi) is 8.55. The van der Waals surface area contributed by atoms with Gasteiger partial charge in [-0.25, -0.2) is 0 Å². The topological polar surface area (TPSA) is 176 Å². The number of carboxylic acid groups (broad SMARTS) is 2. The zero-order valence-electron chi connectivity index (χ0n) is 17.0. The fraction of sp³-hybridized carbons (Fsp3) is 0.300. The van der Waals surface area contributed by atoms with Gasteiger partial charge in [-0.05, 0) is 24.3 Å². The average Bonchev–Trinajstić information content (AvgIpc) is 2.67. The van der Waals surface area contributed by atoms with E-state index in [0.717, 1.165) is 18.2 Å². The van der Waals surface area contributed by atoms with Gasteiger partial charge < -0.3 is 20.4 Å². The van der Waals surface area contributed by atoms with Crippen LogP contribution < -0.4 is 0 Å². The number of carboxylic acids is 2. The highest BCUT2D eigenvalue weighted by Gasteiger charge is 2.19. The van der Waals surface area contributed by atoms with Crippen molar-refractivity contribution in [2.24, 2.45) is 0 Å². The summed E-state index contributed by atoms with van der Waals surface area (Å²) < 4.78 is 31.9. The van der Waals surface area contributed by atoms with Crippen LogP contribution in [0.2, 0.25) is 0 Å². The van der Waals surface area contributed by atoms with Gasteiger partial charge in [0.15, 0.2) is 0 Å². The summed E-state index contributed by atoms with van der Waals surface area (Å²) in [7, 11) is -4.52. The minimum atomic E-state index is -4.52. The second-order valence-electron chi connectivity index (χ2n) is 7.10. The van der Waals surface area contributed by atoms with Crippen molar-refractivity contribution in [2.75, 3.05) is 26.2 Å².